The highest BCUT2D eigenvalue weighted by Crippen LogP contribution is 1.93. The topological polar surface area (TPSA) is 106 Å². The van der Waals surface area contributed by atoms with Gasteiger partial charge in [-0.3, -0.25) is 0 Å². The first-order chi connectivity index (χ1) is 6.77. The molecule has 0 amide bonds. The molecule has 0 rings (SSSR count). The van der Waals surface area contributed by atoms with Crippen molar-refractivity contribution in [3.8, 4) is 0 Å². The summed E-state index contributed by atoms with van der Waals surface area (Å²) in [6.45, 7) is 2.04. The molecule has 0 spiro atoms. The highest BCUT2D eigenvalue weighted by molar-refractivity contribution is 7.89. The number of primary sulfonamides is 1. The molecule has 3 N–H and O–H groups in total. The van der Waals surface area contributed by atoms with E-state index in [0.717, 1.165) is 0 Å². The van der Waals surface area contributed by atoms with Gasteiger partial charge in [-0.1, -0.05) is 6.92 Å². The lowest BCUT2D eigenvalue weighted by Crippen LogP contribution is -2.27. The third-order valence-electron chi connectivity index (χ3n) is 1.65. The van der Waals surface area contributed by atoms with Gasteiger partial charge in [0.25, 0.3) is 0 Å². The maximum atomic E-state index is 11.1. The van der Waals surface area contributed by atoms with Crippen molar-refractivity contribution in [2.45, 2.75) is 26.2 Å². The lowest BCUT2D eigenvalue weighted by molar-refractivity contribution is 0.576. The fourth-order valence-corrected chi connectivity index (χ4v) is 2.74. The standard InChI is InChI=1S/C7H18N2O4S2/c1-2-6-15(12,13)9-5-3-4-7-14(8,10)11/h9H,2-7H2,1H3,(H2,8,10,11). The zero-order valence-corrected chi connectivity index (χ0v) is 10.4. The van der Waals surface area contributed by atoms with Crippen molar-refractivity contribution < 1.29 is 16.8 Å². The number of hydrogen-bond acceptors (Lipinski definition) is 4. The minimum atomic E-state index is -3.43. The van der Waals surface area contributed by atoms with E-state index in [1.807, 2.05) is 0 Å². The van der Waals surface area contributed by atoms with Gasteiger partial charge in [-0.15, -0.1) is 0 Å². The number of nitrogens with two attached hydrogens (primary N) is 1. The van der Waals surface area contributed by atoms with Crippen LogP contribution >= 0.6 is 0 Å². The zero-order valence-electron chi connectivity index (χ0n) is 8.77. The number of sulfonamides is 2. The largest absolute Gasteiger partial charge is 0.229 e. The third-order valence-corrected chi connectivity index (χ3v) is 4.10. The predicted octanol–water partition coefficient (Wildman–Crippen LogP) is -0.615. The maximum Gasteiger partial charge on any atom is 0.211 e. The molecule has 0 unspecified atom stereocenters. The summed E-state index contributed by atoms with van der Waals surface area (Å²) < 4.78 is 45.7. The highest BCUT2D eigenvalue weighted by Gasteiger charge is 2.07. The Labute approximate surface area is 91.3 Å². The van der Waals surface area contributed by atoms with Crippen molar-refractivity contribution in [3.05, 3.63) is 0 Å². The Hall–Kier alpha value is -0.180. The van der Waals surface area contributed by atoms with E-state index >= 15 is 0 Å². The van der Waals surface area contributed by atoms with Crippen molar-refractivity contribution >= 4 is 20.0 Å². The summed E-state index contributed by atoms with van der Waals surface area (Å²) in [4.78, 5) is 0. The van der Waals surface area contributed by atoms with Crippen molar-refractivity contribution in [1.82, 2.24) is 4.72 Å². The molecule has 0 aromatic carbocycles. The molecule has 0 saturated carbocycles. The van der Waals surface area contributed by atoms with E-state index in [-0.39, 0.29) is 18.1 Å². The van der Waals surface area contributed by atoms with Gasteiger partial charge in [-0.2, -0.15) is 0 Å². The fourth-order valence-electron chi connectivity index (χ4n) is 0.997. The molecule has 6 nitrogen and oxygen atoms in total. The molecule has 92 valence electrons. The van der Waals surface area contributed by atoms with Crippen molar-refractivity contribution in [1.29, 1.82) is 0 Å². The minimum Gasteiger partial charge on any atom is -0.229 e. The molecule has 15 heavy (non-hydrogen) atoms. The van der Waals surface area contributed by atoms with Crippen LogP contribution < -0.4 is 9.86 Å². The Morgan fingerprint density at radius 1 is 1.07 bits per heavy atom. The summed E-state index contributed by atoms with van der Waals surface area (Å²) >= 11 is 0. The first kappa shape index (κ1) is 14.8. The Morgan fingerprint density at radius 2 is 1.67 bits per heavy atom. The Balaban J connectivity index is 3.64. The zero-order chi connectivity index (χ0) is 11.9. The second-order valence-electron chi connectivity index (χ2n) is 3.29. The smallest absolute Gasteiger partial charge is 0.211 e. The van der Waals surface area contributed by atoms with E-state index in [9.17, 15) is 16.8 Å². The number of nitrogens with one attached hydrogen (secondary N) is 1. The SMILES string of the molecule is CCCS(=O)(=O)NCCCCS(N)(=O)=O. The van der Waals surface area contributed by atoms with Gasteiger partial charge in [0.1, 0.15) is 0 Å². The molecule has 0 aromatic heterocycles. The average molecular weight is 258 g/mol. The van der Waals surface area contributed by atoms with E-state index in [1.54, 1.807) is 6.92 Å². The Kier molecular flexibility index (Phi) is 6.34. The van der Waals surface area contributed by atoms with Crippen LogP contribution in [0.1, 0.15) is 26.2 Å². The number of unbranched alkanes of at least 4 members (excludes halogenated alkanes) is 1. The molecular formula is C7H18N2O4S2. The van der Waals surface area contributed by atoms with Crippen LogP contribution in [-0.4, -0.2) is 34.9 Å². The van der Waals surface area contributed by atoms with Gasteiger partial charge in [0.15, 0.2) is 0 Å². The highest BCUT2D eigenvalue weighted by atomic mass is 32.2. The van der Waals surface area contributed by atoms with Crippen LogP contribution in [0.25, 0.3) is 0 Å². The predicted molar refractivity (Wildman–Crippen MR) is 59.3 cm³/mol. The molecule has 0 radical (unpaired) electrons. The average Bonchev–Trinajstić information content (AvgIpc) is 2.00. The van der Waals surface area contributed by atoms with Crippen LogP contribution in [0.5, 0.6) is 0 Å². The number of hydrogen-bond donors (Lipinski definition) is 2. The van der Waals surface area contributed by atoms with Gasteiger partial charge in [-0.25, -0.2) is 26.7 Å². The quantitative estimate of drug-likeness (QED) is 0.566. The van der Waals surface area contributed by atoms with E-state index in [4.69, 9.17) is 5.14 Å². The second kappa shape index (κ2) is 6.41. The van der Waals surface area contributed by atoms with E-state index < -0.39 is 20.0 Å². The summed E-state index contributed by atoms with van der Waals surface area (Å²) in [7, 11) is -6.61. The summed E-state index contributed by atoms with van der Waals surface area (Å²) in [5, 5.41) is 4.78. The van der Waals surface area contributed by atoms with Crippen LogP contribution in [0.15, 0.2) is 0 Å². The molecular weight excluding hydrogens is 240 g/mol. The summed E-state index contributed by atoms with van der Waals surface area (Å²) in [6.07, 6.45) is 1.40. The Morgan fingerprint density at radius 3 is 2.13 bits per heavy atom. The number of rotatable bonds is 8. The van der Waals surface area contributed by atoms with Crippen molar-refractivity contribution in [2.75, 3.05) is 18.1 Å². The first-order valence-corrected chi connectivity index (χ1v) is 8.11. The second-order valence-corrected chi connectivity index (χ2v) is 6.95. The van der Waals surface area contributed by atoms with Crippen LogP contribution in [0.2, 0.25) is 0 Å². The van der Waals surface area contributed by atoms with Crippen LogP contribution in [0.3, 0.4) is 0 Å². The molecule has 0 aliphatic heterocycles. The van der Waals surface area contributed by atoms with Crippen LogP contribution in [-0.2, 0) is 20.0 Å². The van der Waals surface area contributed by atoms with Crippen LogP contribution in [0.4, 0.5) is 0 Å². The van der Waals surface area contributed by atoms with E-state index in [0.29, 0.717) is 19.3 Å². The molecule has 0 atom stereocenters. The van der Waals surface area contributed by atoms with Crippen LogP contribution in [0, 0.1) is 0 Å². The van der Waals surface area contributed by atoms with Gasteiger partial charge in [0.05, 0.1) is 11.5 Å². The summed E-state index contributed by atoms with van der Waals surface area (Å²) in [6, 6.07) is 0. The minimum absolute atomic E-state index is 0.0994. The molecule has 0 heterocycles. The molecule has 0 bridgehead atoms. The summed E-state index contributed by atoms with van der Waals surface area (Å²) in [5.74, 6) is -0.00923. The first-order valence-electron chi connectivity index (χ1n) is 4.74. The van der Waals surface area contributed by atoms with E-state index in [1.165, 1.54) is 0 Å². The lowest BCUT2D eigenvalue weighted by Gasteiger charge is -2.04. The van der Waals surface area contributed by atoms with Crippen molar-refractivity contribution in [2.24, 2.45) is 5.14 Å². The molecule has 8 heteroatoms. The molecule has 0 saturated heterocycles. The summed E-state index contributed by atoms with van der Waals surface area (Å²) in [5.41, 5.74) is 0. The third kappa shape index (κ3) is 10.1. The fraction of sp³-hybridized carbons (Fsp3) is 1.00. The van der Waals surface area contributed by atoms with Gasteiger partial charge >= 0.3 is 0 Å². The Bertz CT molecular complexity index is 360. The monoisotopic (exact) mass is 258 g/mol. The van der Waals surface area contributed by atoms with Gasteiger partial charge < -0.3 is 0 Å². The van der Waals surface area contributed by atoms with Gasteiger partial charge in [-0.05, 0) is 19.3 Å². The van der Waals surface area contributed by atoms with E-state index in [2.05, 4.69) is 4.72 Å². The van der Waals surface area contributed by atoms with Gasteiger partial charge in [0.2, 0.25) is 20.0 Å². The molecule has 0 aliphatic carbocycles. The normalized spacial score (nSPS) is 12.9. The molecule has 0 aliphatic rings. The molecule has 0 fully saturated rings. The van der Waals surface area contributed by atoms with Crippen molar-refractivity contribution in [3.63, 3.8) is 0 Å². The lowest BCUT2D eigenvalue weighted by atomic mass is 10.3. The maximum absolute atomic E-state index is 11.1. The molecule has 0 aromatic rings. The van der Waals surface area contributed by atoms with Gasteiger partial charge in [0, 0.05) is 6.54 Å².